The molecule has 0 fully saturated rings. The lowest BCUT2D eigenvalue weighted by Crippen LogP contribution is -2.03. The van der Waals surface area contributed by atoms with Crippen molar-refractivity contribution >= 4 is 5.78 Å². The van der Waals surface area contributed by atoms with Crippen molar-refractivity contribution < 1.29 is 4.79 Å². The Morgan fingerprint density at radius 1 is 1.07 bits per heavy atom. The number of Topliss-reactive ketones (excluding diaryl/α,β-unsaturated/α-hetero) is 1. The highest BCUT2D eigenvalue weighted by atomic mass is 16.1. The highest BCUT2D eigenvalue weighted by Gasteiger charge is 2.12. The topological polar surface area (TPSA) is 17.1 Å². The van der Waals surface area contributed by atoms with Gasteiger partial charge in [0.15, 0.2) is 5.78 Å². The van der Waals surface area contributed by atoms with Crippen LogP contribution in [0.2, 0.25) is 0 Å². The third kappa shape index (κ3) is 2.68. The molecule has 15 heavy (non-hydrogen) atoms. The van der Waals surface area contributed by atoms with E-state index in [1.807, 2.05) is 6.07 Å². The fraction of sp³-hybridized carbons (Fsp3) is 0.500. The smallest absolute Gasteiger partial charge is 0.160 e. The first kappa shape index (κ1) is 12.0. The average molecular weight is 204 g/mol. The summed E-state index contributed by atoms with van der Waals surface area (Å²) in [4.78, 5) is 11.5. The zero-order valence-corrected chi connectivity index (χ0v) is 10.3. The summed E-state index contributed by atoms with van der Waals surface area (Å²) in [5.74, 6) is 1.05. The zero-order chi connectivity index (χ0) is 11.6. The molecule has 0 aliphatic rings. The van der Waals surface area contributed by atoms with Gasteiger partial charge in [-0.15, -0.1) is 0 Å². The van der Waals surface area contributed by atoms with Gasteiger partial charge >= 0.3 is 0 Å². The number of hydrogen-bond acceptors (Lipinski definition) is 1. The molecule has 0 saturated heterocycles. The van der Waals surface area contributed by atoms with Crippen LogP contribution in [0.1, 0.15) is 67.9 Å². The molecule has 0 N–H and O–H groups in total. The van der Waals surface area contributed by atoms with Crippen molar-refractivity contribution in [3.63, 3.8) is 0 Å². The monoisotopic (exact) mass is 204 g/mol. The molecule has 1 rings (SSSR count). The lowest BCUT2D eigenvalue weighted by atomic mass is 9.90. The van der Waals surface area contributed by atoms with E-state index in [-0.39, 0.29) is 5.78 Å². The van der Waals surface area contributed by atoms with Crippen LogP contribution in [-0.4, -0.2) is 5.78 Å². The van der Waals surface area contributed by atoms with E-state index in [4.69, 9.17) is 0 Å². The maximum Gasteiger partial charge on any atom is 0.160 e. The van der Waals surface area contributed by atoms with Gasteiger partial charge in [0.1, 0.15) is 0 Å². The first-order chi connectivity index (χ1) is 6.93. The molecule has 0 heterocycles. The van der Waals surface area contributed by atoms with Gasteiger partial charge in [0.05, 0.1) is 0 Å². The predicted octanol–water partition coefficient (Wildman–Crippen LogP) is 4.14. The molecule has 0 aliphatic carbocycles. The Morgan fingerprint density at radius 3 is 2.07 bits per heavy atom. The average Bonchev–Trinajstić information content (AvgIpc) is 2.16. The summed E-state index contributed by atoms with van der Waals surface area (Å²) >= 11 is 0. The second kappa shape index (κ2) is 4.61. The summed E-state index contributed by atoms with van der Waals surface area (Å²) in [6.07, 6.45) is 0. The van der Waals surface area contributed by atoms with Crippen molar-refractivity contribution in [2.45, 2.75) is 46.5 Å². The molecule has 0 aliphatic heterocycles. The van der Waals surface area contributed by atoms with Crippen LogP contribution in [0, 0.1) is 0 Å². The molecule has 0 aromatic heterocycles. The second-order valence-corrected chi connectivity index (χ2v) is 4.71. The summed E-state index contributed by atoms with van der Waals surface area (Å²) < 4.78 is 0. The molecular formula is C14H20O. The van der Waals surface area contributed by atoms with Gasteiger partial charge in [-0.3, -0.25) is 4.79 Å². The molecule has 0 amide bonds. The summed E-state index contributed by atoms with van der Waals surface area (Å²) in [5.41, 5.74) is 3.28. The molecule has 0 saturated carbocycles. The molecular weight excluding hydrogens is 184 g/mol. The molecule has 0 spiro atoms. The quantitative estimate of drug-likeness (QED) is 0.676. The number of carbonyl (C=O) groups is 1. The summed E-state index contributed by atoms with van der Waals surface area (Å²) in [6, 6.07) is 6.27. The van der Waals surface area contributed by atoms with E-state index < -0.39 is 0 Å². The number of benzene rings is 1. The van der Waals surface area contributed by atoms with E-state index in [2.05, 4.69) is 39.8 Å². The van der Waals surface area contributed by atoms with Gasteiger partial charge in [0, 0.05) is 5.56 Å². The van der Waals surface area contributed by atoms with Gasteiger partial charge in [-0.25, -0.2) is 0 Å². The second-order valence-electron chi connectivity index (χ2n) is 4.71. The zero-order valence-electron chi connectivity index (χ0n) is 10.3. The first-order valence-electron chi connectivity index (χ1n) is 5.58. The molecule has 0 radical (unpaired) electrons. The van der Waals surface area contributed by atoms with Gasteiger partial charge in [-0.2, -0.15) is 0 Å². The van der Waals surface area contributed by atoms with Crippen molar-refractivity contribution in [1.82, 2.24) is 0 Å². The number of rotatable bonds is 3. The first-order valence-corrected chi connectivity index (χ1v) is 5.58. The van der Waals surface area contributed by atoms with E-state index in [1.165, 1.54) is 5.56 Å². The molecule has 1 nitrogen and oxygen atoms in total. The Balaban J connectivity index is 3.27. The lowest BCUT2D eigenvalue weighted by Gasteiger charge is -2.14. The fourth-order valence-electron chi connectivity index (χ4n) is 1.74. The number of hydrogen-bond donors (Lipinski definition) is 0. The van der Waals surface area contributed by atoms with E-state index in [0.29, 0.717) is 11.8 Å². The molecule has 0 bridgehead atoms. The Labute approximate surface area is 92.5 Å². The molecule has 1 heteroatoms. The predicted molar refractivity (Wildman–Crippen MR) is 64.6 cm³/mol. The van der Waals surface area contributed by atoms with Crippen LogP contribution in [0.15, 0.2) is 18.2 Å². The minimum Gasteiger partial charge on any atom is -0.295 e. The number of carbonyl (C=O) groups excluding carboxylic acids is 1. The minimum atomic E-state index is 0.168. The Hall–Kier alpha value is -1.11. The van der Waals surface area contributed by atoms with E-state index in [0.717, 1.165) is 11.1 Å². The highest BCUT2D eigenvalue weighted by Crippen LogP contribution is 2.24. The molecule has 82 valence electrons. The van der Waals surface area contributed by atoms with E-state index in [9.17, 15) is 4.79 Å². The molecule has 1 aromatic rings. The Kier molecular flexibility index (Phi) is 3.67. The van der Waals surface area contributed by atoms with Crippen LogP contribution < -0.4 is 0 Å². The molecule has 0 unspecified atom stereocenters. The van der Waals surface area contributed by atoms with Crippen molar-refractivity contribution in [1.29, 1.82) is 0 Å². The summed E-state index contributed by atoms with van der Waals surface area (Å²) in [6.45, 7) is 10.2. The third-order valence-corrected chi connectivity index (χ3v) is 2.75. The van der Waals surface area contributed by atoms with Crippen LogP contribution in [0.3, 0.4) is 0 Å². The van der Waals surface area contributed by atoms with Crippen molar-refractivity contribution in [2.24, 2.45) is 0 Å². The summed E-state index contributed by atoms with van der Waals surface area (Å²) in [5, 5.41) is 0. The number of ketones is 1. The van der Waals surface area contributed by atoms with Gasteiger partial charge in [-0.1, -0.05) is 39.8 Å². The van der Waals surface area contributed by atoms with Crippen LogP contribution >= 0.6 is 0 Å². The van der Waals surface area contributed by atoms with Crippen LogP contribution in [0.25, 0.3) is 0 Å². The minimum absolute atomic E-state index is 0.168. The van der Waals surface area contributed by atoms with Crippen LogP contribution in [0.4, 0.5) is 0 Å². The standard InChI is InChI=1S/C14H20O/c1-9(2)12-6-7-13(10(3)4)14(8-12)11(5)15/h6-10H,1-5H3. The maximum absolute atomic E-state index is 11.5. The van der Waals surface area contributed by atoms with E-state index in [1.54, 1.807) is 6.92 Å². The lowest BCUT2D eigenvalue weighted by molar-refractivity contribution is 0.101. The molecule has 0 atom stereocenters. The van der Waals surface area contributed by atoms with E-state index >= 15 is 0 Å². The normalized spacial score (nSPS) is 11.1. The third-order valence-electron chi connectivity index (χ3n) is 2.75. The molecule has 1 aromatic carbocycles. The van der Waals surface area contributed by atoms with Crippen LogP contribution in [-0.2, 0) is 0 Å². The van der Waals surface area contributed by atoms with Gasteiger partial charge in [0.25, 0.3) is 0 Å². The fourth-order valence-corrected chi connectivity index (χ4v) is 1.74. The van der Waals surface area contributed by atoms with Gasteiger partial charge in [-0.05, 0) is 36.0 Å². The Morgan fingerprint density at radius 2 is 1.67 bits per heavy atom. The van der Waals surface area contributed by atoms with Gasteiger partial charge < -0.3 is 0 Å². The van der Waals surface area contributed by atoms with Crippen molar-refractivity contribution in [3.8, 4) is 0 Å². The van der Waals surface area contributed by atoms with Crippen LogP contribution in [0.5, 0.6) is 0 Å². The SMILES string of the molecule is CC(=O)c1cc(C(C)C)ccc1C(C)C. The Bertz CT molecular complexity index is 362. The van der Waals surface area contributed by atoms with Crippen molar-refractivity contribution in [3.05, 3.63) is 34.9 Å². The highest BCUT2D eigenvalue weighted by molar-refractivity contribution is 5.96. The van der Waals surface area contributed by atoms with Crippen molar-refractivity contribution in [2.75, 3.05) is 0 Å². The largest absolute Gasteiger partial charge is 0.295 e. The maximum atomic E-state index is 11.5. The van der Waals surface area contributed by atoms with Gasteiger partial charge in [0.2, 0.25) is 0 Å². The summed E-state index contributed by atoms with van der Waals surface area (Å²) in [7, 11) is 0.